The second-order valence-electron chi connectivity index (χ2n) is 4.25. The third kappa shape index (κ3) is 5.22. The quantitative estimate of drug-likeness (QED) is 0.669. The van der Waals surface area contributed by atoms with E-state index in [2.05, 4.69) is 26.1 Å². The number of hydrogen-bond donors (Lipinski definition) is 1. The van der Waals surface area contributed by atoms with Gasteiger partial charge in [0.15, 0.2) is 0 Å². The van der Waals surface area contributed by atoms with E-state index in [4.69, 9.17) is 4.74 Å². The lowest BCUT2D eigenvalue weighted by Gasteiger charge is -2.28. The Morgan fingerprint density at radius 2 is 2.00 bits per heavy atom. The fourth-order valence-electron chi connectivity index (χ4n) is 1.61. The summed E-state index contributed by atoms with van der Waals surface area (Å²) in [4.78, 5) is 11.3. The SMILES string of the molecule is CCCC(C)(C)NC(C)C(=O)OCC. The first kappa shape index (κ1) is 13.4. The lowest BCUT2D eigenvalue weighted by molar-refractivity contribution is -0.145. The Balaban J connectivity index is 4.03. The Morgan fingerprint density at radius 3 is 2.43 bits per heavy atom. The Kier molecular flexibility index (Phi) is 5.77. The maximum Gasteiger partial charge on any atom is 0.322 e. The fourth-order valence-corrected chi connectivity index (χ4v) is 1.61. The van der Waals surface area contributed by atoms with Gasteiger partial charge in [-0.25, -0.2) is 0 Å². The van der Waals surface area contributed by atoms with E-state index in [-0.39, 0.29) is 17.6 Å². The minimum atomic E-state index is -0.225. The molecule has 0 aromatic rings. The molecule has 0 aliphatic carbocycles. The number of ether oxygens (including phenoxy) is 1. The van der Waals surface area contributed by atoms with Gasteiger partial charge in [-0.05, 0) is 34.1 Å². The van der Waals surface area contributed by atoms with Crippen LogP contribution in [0.2, 0.25) is 0 Å². The maximum absolute atomic E-state index is 11.3. The van der Waals surface area contributed by atoms with Gasteiger partial charge >= 0.3 is 5.97 Å². The lowest BCUT2D eigenvalue weighted by atomic mass is 9.98. The van der Waals surface area contributed by atoms with Crippen LogP contribution in [-0.2, 0) is 9.53 Å². The molecule has 1 unspecified atom stereocenters. The highest BCUT2D eigenvalue weighted by atomic mass is 16.5. The smallest absolute Gasteiger partial charge is 0.322 e. The molecule has 0 rings (SSSR count). The second kappa shape index (κ2) is 6.02. The molecule has 0 bridgehead atoms. The molecule has 84 valence electrons. The first-order chi connectivity index (χ1) is 6.43. The Hall–Kier alpha value is -0.570. The zero-order chi connectivity index (χ0) is 11.2. The van der Waals surface area contributed by atoms with Crippen LogP contribution < -0.4 is 5.32 Å². The summed E-state index contributed by atoms with van der Waals surface area (Å²) in [6, 6.07) is -0.225. The van der Waals surface area contributed by atoms with E-state index < -0.39 is 0 Å². The third-order valence-electron chi connectivity index (χ3n) is 2.12. The predicted octanol–water partition coefficient (Wildman–Crippen LogP) is 2.11. The van der Waals surface area contributed by atoms with E-state index in [1.54, 1.807) is 0 Å². The molecule has 0 aromatic carbocycles. The molecule has 1 N–H and O–H groups in total. The molecule has 14 heavy (non-hydrogen) atoms. The minimum Gasteiger partial charge on any atom is -0.465 e. The highest BCUT2D eigenvalue weighted by Crippen LogP contribution is 2.11. The highest BCUT2D eigenvalue weighted by Gasteiger charge is 2.23. The van der Waals surface area contributed by atoms with E-state index in [0.717, 1.165) is 12.8 Å². The van der Waals surface area contributed by atoms with Crippen molar-refractivity contribution in [3.8, 4) is 0 Å². The van der Waals surface area contributed by atoms with Gasteiger partial charge in [-0.3, -0.25) is 10.1 Å². The highest BCUT2D eigenvalue weighted by molar-refractivity contribution is 5.75. The standard InChI is InChI=1S/C11H23NO2/c1-6-8-11(4,5)12-9(3)10(13)14-7-2/h9,12H,6-8H2,1-5H3. The minimum absolute atomic E-state index is 0.000921. The van der Waals surface area contributed by atoms with Crippen molar-refractivity contribution in [3.63, 3.8) is 0 Å². The van der Waals surface area contributed by atoms with Crippen LogP contribution in [0.25, 0.3) is 0 Å². The van der Waals surface area contributed by atoms with Gasteiger partial charge in [-0.1, -0.05) is 13.3 Å². The van der Waals surface area contributed by atoms with Crippen molar-refractivity contribution in [3.05, 3.63) is 0 Å². The van der Waals surface area contributed by atoms with E-state index in [0.29, 0.717) is 6.61 Å². The van der Waals surface area contributed by atoms with E-state index in [1.165, 1.54) is 0 Å². The molecule has 0 aliphatic rings. The van der Waals surface area contributed by atoms with Crippen LogP contribution in [0.5, 0.6) is 0 Å². The van der Waals surface area contributed by atoms with Crippen molar-refractivity contribution in [1.82, 2.24) is 5.32 Å². The molecule has 0 aromatic heterocycles. The zero-order valence-electron chi connectivity index (χ0n) is 10.0. The molecule has 1 atom stereocenters. The van der Waals surface area contributed by atoms with Crippen LogP contribution in [0.15, 0.2) is 0 Å². The zero-order valence-corrected chi connectivity index (χ0v) is 10.0. The van der Waals surface area contributed by atoms with Crippen molar-refractivity contribution in [2.24, 2.45) is 0 Å². The van der Waals surface area contributed by atoms with Crippen molar-refractivity contribution in [2.75, 3.05) is 6.61 Å². The maximum atomic E-state index is 11.3. The normalized spacial score (nSPS) is 13.8. The monoisotopic (exact) mass is 201 g/mol. The number of esters is 1. The molecule has 0 saturated heterocycles. The van der Waals surface area contributed by atoms with Crippen LogP contribution in [0.3, 0.4) is 0 Å². The van der Waals surface area contributed by atoms with Gasteiger partial charge < -0.3 is 4.74 Å². The average Bonchev–Trinajstić information content (AvgIpc) is 2.03. The van der Waals surface area contributed by atoms with Crippen molar-refractivity contribution in [2.45, 2.75) is 59.0 Å². The van der Waals surface area contributed by atoms with Gasteiger partial charge in [0, 0.05) is 5.54 Å². The summed E-state index contributed by atoms with van der Waals surface area (Å²) >= 11 is 0. The van der Waals surface area contributed by atoms with Gasteiger partial charge in [-0.2, -0.15) is 0 Å². The van der Waals surface area contributed by atoms with Crippen LogP contribution in [0.1, 0.15) is 47.5 Å². The predicted molar refractivity (Wildman–Crippen MR) is 58.2 cm³/mol. The van der Waals surface area contributed by atoms with Gasteiger partial charge in [0.25, 0.3) is 0 Å². The summed E-state index contributed by atoms with van der Waals surface area (Å²) in [5, 5.41) is 3.27. The first-order valence-electron chi connectivity index (χ1n) is 5.37. The molecule has 0 radical (unpaired) electrons. The molecule has 0 heterocycles. The third-order valence-corrected chi connectivity index (χ3v) is 2.12. The van der Waals surface area contributed by atoms with Gasteiger partial charge in [-0.15, -0.1) is 0 Å². The molecule has 0 fully saturated rings. The molecular formula is C11H23NO2. The van der Waals surface area contributed by atoms with Crippen molar-refractivity contribution in [1.29, 1.82) is 0 Å². The molecule has 0 spiro atoms. The summed E-state index contributed by atoms with van der Waals surface area (Å²) < 4.78 is 4.93. The first-order valence-corrected chi connectivity index (χ1v) is 5.37. The van der Waals surface area contributed by atoms with Gasteiger partial charge in [0.1, 0.15) is 6.04 Å². The number of hydrogen-bond acceptors (Lipinski definition) is 3. The topological polar surface area (TPSA) is 38.3 Å². The van der Waals surface area contributed by atoms with E-state index >= 15 is 0 Å². The molecule has 3 heteroatoms. The fraction of sp³-hybridized carbons (Fsp3) is 0.909. The van der Waals surface area contributed by atoms with E-state index in [1.807, 2.05) is 13.8 Å². The number of carbonyl (C=O) groups is 1. The molecule has 0 saturated carbocycles. The average molecular weight is 201 g/mol. The van der Waals surface area contributed by atoms with Crippen LogP contribution in [-0.4, -0.2) is 24.2 Å². The molecule has 3 nitrogen and oxygen atoms in total. The summed E-state index contributed by atoms with van der Waals surface area (Å²) in [5.74, 6) is -0.170. The Bertz CT molecular complexity index is 178. The van der Waals surface area contributed by atoms with E-state index in [9.17, 15) is 4.79 Å². The molecular weight excluding hydrogens is 178 g/mol. The Morgan fingerprint density at radius 1 is 1.43 bits per heavy atom. The lowest BCUT2D eigenvalue weighted by Crippen LogP contribution is -2.48. The number of nitrogens with one attached hydrogen (secondary N) is 1. The van der Waals surface area contributed by atoms with Crippen LogP contribution in [0.4, 0.5) is 0 Å². The number of rotatable bonds is 6. The Labute approximate surface area is 87.2 Å². The second-order valence-corrected chi connectivity index (χ2v) is 4.25. The summed E-state index contributed by atoms with van der Waals surface area (Å²) in [6.45, 7) is 10.5. The molecule has 0 amide bonds. The van der Waals surface area contributed by atoms with Crippen LogP contribution in [0, 0.1) is 0 Å². The van der Waals surface area contributed by atoms with Crippen molar-refractivity contribution >= 4 is 5.97 Å². The summed E-state index contributed by atoms with van der Waals surface area (Å²) in [6.07, 6.45) is 2.16. The summed E-state index contributed by atoms with van der Waals surface area (Å²) in [5.41, 5.74) is 0.000921. The van der Waals surface area contributed by atoms with Crippen LogP contribution >= 0.6 is 0 Å². The van der Waals surface area contributed by atoms with Crippen molar-refractivity contribution < 1.29 is 9.53 Å². The van der Waals surface area contributed by atoms with Gasteiger partial charge in [0.05, 0.1) is 6.61 Å². The largest absolute Gasteiger partial charge is 0.465 e. The van der Waals surface area contributed by atoms with Gasteiger partial charge in [0.2, 0.25) is 0 Å². The summed E-state index contributed by atoms with van der Waals surface area (Å²) in [7, 11) is 0. The number of carbonyl (C=O) groups excluding carboxylic acids is 1. The molecule has 0 aliphatic heterocycles.